The van der Waals surface area contributed by atoms with Crippen LogP contribution in [0.3, 0.4) is 0 Å². The Morgan fingerprint density at radius 3 is 2.38 bits per heavy atom. The van der Waals surface area contributed by atoms with E-state index < -0.39 is 16.5 Å². The summed E-state index contributed by atoms with van der Waals surface area (Å²) in [6.07, 6.45) is 1.52. The number of carbonyl (C=O) groups is 2. The van der Waals surface area contributed by atoms with E-state index in [4.69, 9.17) is 4.74 Å². The molecule has 1 fully saturated rings. The molecule has 0 saturated heterocycles. The van der Waals surface area contributed by atoms with Crippen LogP contribution in [0.2, 0.25) is 0 Å². The highest BCUT2D eigenvalue weighted by Crippen LogP contribution is 2.52. The van der Waals surface area contributed by atoms with Gasteiger partial charge in [0.25, 0.3) is 0 Å². The minimum atomic E-state index is -1.15. The van der Waals surface area contributed by atoms with Crippen LogP contribution in [0.4, 0.5) is 4.39 Å². The number of hydrogen-bond acceptors (Lipinski definition) is 4. The molecule has 0 spiro atoms. The summed E-state index contributed by atoms with van der Waals surface area (Å²) in [5.41, 5.74) is 2.82. The highest BCUT2D eigenvalue weighted by atomic mass is 32.1. The van der Waals surface area contributed by atoms with E-state index in [1.54, 1.807) is 19.1 Å². The molecule has 0 unspecified atom stereocenters. The molecular weight excluding hydrogens is 391 g/mol. The van der Waals surface area contributed by atoms with Gasteiger partial charge in [0.1, 0.15) is 0 Å². The molecule has 1 N–H and O–H groups in total. The molecular formula is C23H19FO4S. The lowest BCUT2D eigenvalue weighted by molar-refractivity contribution is -0.146. The molecule has 0 bridgehead atoms. The van der Waals surface area contributed by atoms with Crippen molar-refractivity contribution in [2.75, 3.05) is 6.61 Å². The largest absolute Gasteiger partial charge is 0.478 e. The van der Waals surface area contributed by atoms with Gasteiger partial charge in [-0.25, -0.2) is 4.79 Å². The Balaban J connectivity index is 1.72. The van der Waals surface area contributed by atoms with E-state index in [9.17, 15) is 19.1 Å². The van der Waals surface area contributed by atoms with Gasteiger partial charge in [-0.05, 0) is 42.0 Å². The predicted octanol–water partition coefficient (Wildman–Crippen LogP) is 5.51. The fourth-order valence-corrected chi connectivity index (χ4v) is 4.55. The van der Waals surface area contributed by atoms with E-state index in [2.05, 4.69) is 0 Å². The molecule has 29 heavy (non-hydrogen) atoms. The zero-order valence-corrected chi connectivity index (χ0v) is 16.6. The lowest BCUT2D eigenvalue weighted by atomic mass is 9.88. The molecule has 3 aromatic rings. The average molecular weight is 410 g/mol. The van der Waals surface area contributed by atoms with E-state index >= 15 is 0 Å². The minimum absolute atomic E-state index is 0.0418. The third kappa shape index (κ3) is 3.44. The lowest BCUT2D eigenvalue weighted by Gasteiger charge is -2.18. The maximum atomic E-state index is 13.6. The van der Waals surface area contributed by atoms with Gasteiger partial charge in [-0.3, -0.25) is 4.79 Å². The van der Waals surface area contributed by atoms with Crippen molar-refractivity contribution < 1.29 is 23.8 Å². The Morgan fingerprint density at radius 1 is 1.10 bits per heavy atom. The second-order valence-corrected chi connectivity index (χ2v) is 8.03. The molecule has 4 rings (SSSR count). The summed E-state index contributed by atoms with van der Waals surface area (Å²) >= 11 is 0.816. The molecule has 0 aliphatic heterocycles. The van der Waals surface area contributed by atoms with Gasteiger partial charge in [-0.2, -0.15) is 4.39 Å². The fourth-order valence-electron chi connectivity index (χ4n) is 3.67. The Morgan fingerprint density at radius 2 is 1.76 bits per heavy atom. The van der Waals surface area contributed by atoms with Crippen LogP contribution in [0.15, 0.2) is 54.6 Å². The summed E-state index contributed by atoms with van der Waals surface area (Å²) in [4.78, 5) is 24.3. The highest BCUT2D eigenvalue weighted by Gasteiger charge is 2.53. The number of aromatic carboxylic acids is 1. The van der Waals surface area contributed by atoms with Crippen LogP contribution in [0, 0.1) is 5.13 Å². The fraction of sp³-hybridized carbons (Fsp3) is 0.217. The third-order valence-corrected chi connectivity index (χ3v) is 6.22. The van der Waals surface area contributed by atoms with Gasteiger partial charge in [0.2, 0.25) is 0 Å². The number of thiophene rings is 1. The van der Waals surface area contributed by atoms with Crippen LogP contribution >= 0.6 is 11.3 Å². The molecule has 1 aliphatic carbocycles. The van der Waals surface area contributed by atoms with Crippen LogP contribution in [-0.4, -0.2) is 23.7 Å². The van der Waals surface area contributed by atoms with Gasteiger partial charge in [-0.15, -0.1) is 11.3 Å². The van der Waals surface area contributed by atoms with Crippen molar-refractivity contribution in [1.82, 2.24) is 0 Å². The topological polar surface area (TPSA) is 63.6 Å². The molecule has 2 aromatic carbocycles. The molecule has 1 saturated carbocycles. The van der Waals surface area contributed by atoms with Crippen molar-refractivity contribution in [2.45, 2.75) is 25.2 Å². The molecule has 0 atom stereocenters. The number of rotatable bonds is 6. The zero-order chi connectivity index (χ0) is 20.6. The number of esters is 1. The Kier molecular flexibility index (Phi) is 4.96. The monoisotopic (exact) mass is 410 g/mol. The zero-order valence-electron chi connectivity index (χ0n) is 15.8. The van der Waals surface area contributed by atoms with E-state index in [1.165, 1.54) is 0 Å². The van der Waals surface area contributed by atoms with Crippen molar-refractivity contribution in [3.05, 3.63) is 70.9 Å². The first kappa shape index (κ1) is 19.3. The van der Waals surface area contributed by atoms with Crippen LogP contribution in [-0.2, 0) is 14.9 Å². The van der Waals surface area contributed by atoms with Gasteiger partial charge in [0.15, 0.2) is 5.13 Å². The number of halogens is 1. The number of carboxylic acid groups (broad SMARTS) is 1. The first-order valence-electron chi connectivity index (χ1n) is 9.36. The quantitative estimate of drug-likeness (QED) is 0.544. The molecule has 4 nitrogen and oxygen atoms in total. The maximum Gasteiger partial charge on any atom is 0.337 e. The second kappa shape index (κ2) is 7.44. The lowest BCUT2D eigenvalue weighted by Crippen LogP contribution is -2.23. The molecule has 1 heterocycles. The van der Waals surface area contributed by atoms with Gasteiger partial charge < -0.3 is 9.84 Å². The van der Waals surface area contributed by atoms with Crippen molar-refractivity contribution >= 4 is 23.3 Å². The number of hydrogen-bond donors (Lipinski definition) is 1. The first-order valence-corrected chi connectivity index (χ1v) is 10.2. The third-order valence-electron chi connectivity index (χ3n) is 5.25. The van der Waals surface area contributed by atoms with Crippen LogP contribution < -0.4 is 0 Å². The SMILES string of the molecule is CCOC(=O)C1(c2ccccc2-c2ccc(-c3sc(F)cc3C(=O)O)cc2)CC1. The molecule has 6 heteroatoms. The van der Waals surface area contributed by atoms with E-state index in [0.29, 0.717) is 17.0 Å². The van der Waals surface area contributed by atoms with Crippen LogP contribution in [0.1, 0.15) is 35.7 Å². The summed E-state index contributed by atoms with van der Waals surface area (Å²) < 4.78 is 18.9. The van der Waals surface area contributed by atoms with Gasteiger partial charge in [-0.1, -0.05) is 48.5 Å². The van der Waals surface area contributed by atoms with E-state index in [-0.39, 0.29) is 11.5 Å². The average Bonchev–Trinajstić information content (AvgIpc) is 3.44. The smallest absolute Gasteiger partial charge is 0.337 e. The van der Waals surface area contributed by atoms with E-state index in [1.807, 2.05) is 36.4 Å². The molecule has 0 amide bonds. The van der Waals surface area contributed by atoms with Crippen LogP contribution in [0.25, 0.3) is 21.6 Å². The predicted molar refractivity (Wildman–Crippen MR) is 110 cm³/mol. The number of benzene rings is 2. The summed E-state index contributed by atoms with van der Waals surface area (Å²) in [5.74, 6) is -1.34. The normalized spacial score (nSPS) is 14.4. The Hall–Kier alpha value is -2.99. The maximum absolute atomic E-state index is 13.6. The standard InChI is InChI=1S/C23H19FO4S/c1-2-28-22(27)23(11-12-23)18-6-4-3-5-16(18)14-7-9-15(10-8-14)20-17(21(25)26)13-19(24)29-20/h3-10,13H,2,11-12H2,1H3,(H,25,26). The van der Waals surface area contributed by atoms with Crippen molar-refractivity contribution in [2.24, 2.45) is 0 Å². The molecule has 1 aliphatic rings. The summed E-state index contributed by atoms with van der Waals surface area (Å²) in [5, 5.41) is 8.77. The van der Waals surface area contributed by atoms with Gasteiger partial charge >= 0.3 is 11.9 Å². The van der Waals surface area contributed by atoms with Gasteiger partial charge in [0.05, 0.1) is 22.5 Å². The minimum Gasteiger partial charge on any atom is -0.478 e. The van der Waals surface area contributed by atoms with Crippen molar-refractivity contribution in [3.8, 4) is 21.6 Å². The van der Waals surface area contributed by atoms with Crippen molar-refractivity contribution in [1.29, 1.82) is 0 Å². The molecule has 148 valence electrons. The van der Waals surface area contributed by atoms with Crippen molar-refractivity contribution in [3.63, 3.8) is 0 Å². The summed E-state index contributed by atoms with van der Waals surface area (Å²) in [7, 11) is 0. The number of carboxylic acids is 1. The number of carbonyl (C=O) groups excluding carboxylic acids is 1. The molecule has 0 radical (unpaired) electrons. The Bertz CT molecular complexity index is 1080. The summed E-state index contributed by atoms with van der Waals surface area (Å²) in [6, 6.07) is 16.1. The Labute approximate surface area is 171 Å². The van der Waals surface area contributed by atoms with Gasteiger partial charge in [0, 0.05) is 6.07 Å². The first-order chi connectivity index (χ1) is 14.0. The van der Waals surface area contributed by atoms with Crippen LogP contribution in [0.5, 0.6) is 0 Å². The highest BCUT2D eigenvalue weighted by molar-refractivity contribution is 7.14. The van der Waals surface area contributed by atoms with E-state index in [0.717, 1.165) is 46.9 Å². The number of ether oxygens (including phenoxy) is 1. The summed E-state index contributed by atoms with van der Waals surface area (Å²) in [6.45, 7) is 2.15. The molecule has 1 aromatic heterocycles. The second-order valence-electron chi connectivity index (χ2n) is 7.02.